The van der Waals surface area contributed by atoms with Gasteiger partial charge in [-0.1, -0.05) is 12.1 Å². The lowest BCUT2D eigenvalue weighted by molar-refractivity contribution is 0.0950. The van der Waals surface area contributed by atoms with Crippen molar-refractivity contribution in [1.29, 1.82) is 0 Å². The molecule has 1 aromatic carbocycles. The molecule has 1 aliphatic heterocycles. The predicted molar refractivity (Wildman–Crippen MR) is 143 cm³/mol. The quantitative estimate of drug-likeness (QED) is 0.380. The number of rotatable bonds is 8. The molecule has 1 saturated carbocycles. The normalized spacial score (nSPS) is 15.3. The number of ether oxygens (including phenoxy) is 1. The molecule has 0 unspecified atom stereocenters. The van der Waals surface area contributed by atoms with Gasteiger partial charge in [0.05, 0.1) is 24.9 Å². The summed E-state index contributed by atoms with van der Waals surface area (Å²) in [6.45, 7) is 3.00. The van der Waals surface area contributed by atoms with Crippen molar-refractivity contribution in [2.24, 2.45) is 0 Å². The summed E-state index contributed by atoms with van der Waals surface area (Å²) in [7, 11) is 1.64. The summed E-state index contributed by atoms with van der Waals surface area (Å²) < 4.78 is 7.35. The summed E-state index contributed by atoms with van der Waals surface area (Å²) in [5, 5.41) is 9.84. The van der Waals surface area contributed by atoms with Crippen molar-refractivity contribution < 1.29 is 9.53 Å². The third-order valence-corrected chi connectivity index (χ3v) is 7.14. The van der Waals surface area contributed by atoms with Gasteiger partial charge in [0.2, 0.25) is 5.88 Å². The summed E-state index contributed by atoms with van der Waals surface area (Å²) in [6.07, 6.45) is 8.07. The Morgan fingerprint density at radius 3 is 2.76 bits per heavy atom. The number of nitrogens with one attached hydrogen (secondary N) is 1. The highest BCUT2D eigenvalue weighted by atomic mass is 16.5. The lowest BCUT2D eigenvalue weighted by Crippen LogP contribution is -2.23. The van der Waals surface area contributed by atoms with Crippen molar-refractivity contribution in [2.45, 2.75) is 44.7 Å². The van der Waals surface area contributed by atoms with Gasteiger partial charge in [-0.2, -0.15) is 10.1 Å². The van der Waals surface area contributed by atoms with E-state index < -0.39 is 0 Å². The van der Waals surface area contributed by atoms with Gasteiger partial charge in [-0.15, -0.1) is 0 Å². The molecule has 1 aliphatic carbocycles. The first-order valence-corrected chi connectivity index (χ1v) is 12.9. The highest BCUT2D eigenvalue weighted by Crippen LogP contribution is 2.41. The van der Waals surface area contributed by atoms with Crippen LogP contribution >= 0.6 is 0 Å². The van der Waals surface area contributed by atoms with E-state index in [2.05, 4.69) is 26.3 Å². The second-order valence-electron chi connectivity index (χ2n) is 9.90. The summed E-state index contributed by atoms with van der Waals surface area (Å²) in [5.41, 5.74) is 9.56. The largest absolute Gasteiger partial charge is 0.481 e. The molecule has 1 saturated heterocycles. The van der Waals surface area contributed by atoms with Gasteiger partial charge in [-0.05, 0) is 60.4 Å². The third-order valence-electron chi connectivity index (χ3n) is 7.14. The van der Waals surface area contributed by atoms with Crippen LogP contribution in [0.1, 0.15) is 58.8 Å². The molecule has 3 N–H and O–H groups in total. The van der Waals surface area contributed by atoms with Crippen molar-refractivity contribution in [2.75, 3.05) is 30.8 Å². The molecule has 4 heterocycles. The number of benzene rings is 1. The smallest absolute Gasteiger partial charge is 0.255 e. The number of methoxy groups -OCH3 is 1. The van der Waals surface area contributed by atoms with Crippen LogP contribution in [0.2, 0.25) is 0 Å². The van der Waals surface area contributed by atoms with E-state index in [1.165, 1.54) is 12.8 Å². The Morgan fingerprint density at radius 1 is 1.14 bits per heavy atom. The fourth-order valence-electron chi connectivity index (χ4n) is 5.02. The van der Waals surface area contributed by atoms with Crippen molar-refractivity contribution in [3.05, 3.63) is 71.2 Å². The molecular weight excluding hydrogens is 466 g/mol. The number of hydrogen-bond donors (Lipinski definition) is 2. The van der Waals surface area contributed by atoms with Gasteiger partial charge < -0.3 is 20.7 Å². The van der Waals surface area contributed by atoms with Crippen molar-refractivity contribution in [3.63, 3.8) is 0 Å². The average molecular weight is 498 g/mol. The molecule has 1 amide bonds. The van der Waals surface area contributed by atoms with Crippen LogP contribution in [0, 0.1) is 0 Å². The van der Waals surface area contributed by atoms with Crippen LogP contribution in [-0.4, -0.2) is 45.9 Å². The molecule has 6 rings (SSSR count). The second kappa shape index (κ2) is 9.72. The van der Waals surface area contributed by atoms with Gasteiger partial charge in [0.1, 0.15) is 11.6 Å². The summed E-state index contributed by atoms with van der Waals surface area (Å²) >= 11 is 0. The summed E-state index contributed by atoms with van der Waals surface area (Å²) in [6, 6.07) is 11.9. The number of carbonyl (C=O) groups excluding carboxylic acids is 1. The van der Waals surface area contributed by atoms with Crippen LogP contribution < -0.4 is 20.7 Å². The Labute approximate surface area is 215 Å². The van der Waals surface area contributed by atoms with E-state index in [0.717, 1.165) is 59.3 Å². The van der Waals surface area contributed by atoms with Gasteiger partial charge in [-0.3, -0.25) is 9.48 Å². The SMILES string of the molecule is COc1cc(Cn2cc(C(=O)NCc3ccc4c(N)nccc4c3)c(C3CC3)n2)cc(N2CCCC2)n1. The Kier molecular flexibility index (Phi) is 6.12. The number of amides is 1. The molecule has 2 aliphatic rings. The number of nitrogen functional groups attached to an aromatic ring is 1. The number of pyridine rings is 2. The number of nitrogens with zero attached hydrogens (tertiary/aromatic N) is 5. The zero-order valence-corrected chi connectivity index (χ0v) is 21.0. The molecule has 3 aromatic heterocycles. The Hall–Kier alpha value is -4.14. The maximum absolute atomic E-state index is 13.3. The third kappa shape index (κ3) is 4.94. The highest BCUT2D eigenvalue weighted by molar-refractivity contribution is 5.95. The number of carbonyl (C=O) groups is 1. The van der Waals surface area contributed by atoms with Crippen molar-refractivity contribution >= 4 is 28.3 Å². The average Bonchev–Trinajstić information content (AvgIpc) is 3.43. The van der Waals surface area contributed by atoms with E-state index >= 15 is 0 Å². The van der Waals surface area contributed by atoms with Crippen LogP contribution in [0.3, 0.4) is 0 Å². The van der Waals surface area contributed by atoms with Crippen molar-refractivity contribution in [3.8, 4) is 5.88 Å². The zero-order chi connectivity index (χ0) is 25.4. The van der Waals surface area contributed by atoms with Crippen LogP contribution in [0.4, 0.5) is 11.6 Å². The number of anilines is 2. The van der Waals surface area contributed by atoms with Gasteiger partial charge >= 0.3 is 0 Å². The minimum atomic E-state index is -0.104. The number of hydrogen-bond acceptors (Lipinski definition) is 7. The lowest BCUT2D eigenvalue weighted by Gasteiger charge is -2.18. The van der Waals surface area contributed by atoms with Gasteiger partial charge in [-0.25, -0.2) is 4.98 Å². The Morgan fingerprint density at radius 2 is 1.97 bits per heavy atom. The molecule has 0 atom stereocenters. The highest BCUT2D eigenvalue weighted by Gasteiger charge is 2.31. The van der Waals surface area contributed by atoms with Crippen LogP contribution in [0.15, 0.2) is 48.8 Å². The Bertz CT molecular complexity index is 1450. The fraction of sp³-hybridized carbons (Fsp3) is 0.357. The van der Waals surface area contributed by atoms with Gasteiger partial charge in [0.25, 0.3) is 5.91 Å². The van der Waals surface area contributed by atoms with Gasteiger partial charge in [0, 0.05) is 49.4 Å². The maximum Gasteiger partial charge on any atom is 0.255 e. The minimum absolute atomic E-state index is 0.104. The molecule has 0 radical (unpaired) electrons. The molecule has 4 aromatic rings. The molecule has 190 valence electrons. The maximum atomic E-state index is 13.3. The minimum Gasteiger partial charge on any atom is -0.481 e. The van der Waals surface area contributed by atoms with Crippen LogP contribution in [0.25, 0.3) is 10.8 Å². The molecule has 9 heteroatoms. The first-order chi connectivity index (χ1) is 18.1. The zero-order valence-electron chi connectivity index (χ0n) is 21.0. The predicted octanol–water partition coefficient (Wildman–Crippen LogP) is 3.87. The summed E-state index contributed by atoms with van der Waals surface area (Å²) in [5.74, 6) is 2.29. The van der Waals surface area contributed by atoms with E-state index in [-0.39, 0.29) is 5.91 Å². The molecule has 0 spiro atoms. The fourth-order valence-corrected chi connectivity index (χ4v) is 5.02. The molecule has 2 fully saturated rings. The number of nitrogens with two attached hydrogens (primary N) is 1. The first-order valence-electron chi connectivity index (χ1n) is 12.9. The number of aromatic nitrogens is 4. The monoisotopic (exact) mass is 497 g/mol. The van der Waals surface area contributed by atoms with E-state index in [4.69, 9.17) is 15.6 Å². The summed E-state index contributed by atoms with van der Waals surface area (Å²) in [4.78, 5) is 24.3. The molecule has 9 nitrogen and oxygen atoms in total. The molecular formula is C28H31N7O2. The lowest BCUT2D eigenvalue weighted by atomic mass is 10.1. The van der Waals surface area contributed by atoms with Crippen LogP contribution in [0.5, 0.6) is 5.88 Å². The molecule has 0 bridgehead atoms. The Balaban J connectivity index is 1.20. The first kappa shape index (κ1) is 23.3. The van der Waals surface area contributed by atoms with E-state index in [0.29, 0.717) is 36.3 Å². The van der Waals surface area contributed by atoms with E-state index in [1.807, 2.05) is 41.2 Å². The topological polar surface area (TPSA) is 111 Å². The number of fused-ring (bicyclic) bond motifs is 1. The van der Waals surface area contributed by atoms with Crippen LogP contribution in [-0.2, 0) is 13.1 Å². The van der Waals surface area contributed by atoms with E-state index in [1.54, 1.807) is 13.3 Å². The van der Waals surface area contributed by atoms with Gasteiger partial charge in [0.15, 0.2) is 0 Å². The molecule has 37 heavy (non-hydrogen) atoms. The van der Waals surface area contributed by atoms with E-state index in [9.17, 15) is 4.79 Å². The van der Waals surface area contributed by atoms with Crippen molar-refractivity contribution in [1.82, 2.24) is 25.1 Å². The second-order valence-corrected chi connectivity index (χ2v) is 9.90. The standard InChI is InChI=1S/C28H31N7O2/c1-37-25-14-19(13-24(32-25)34-10-2-3-11-34)16-35-17-23(26(33-35)20-5-6-20)28(36)31-15-18-4-7-22-21(12-18)8-9-30-27(22)29/h4,7-9,12-14,17,20H,2-3,5-6,10-11,15-16H2,1H3,(H2,29,30)(H,31,36).